The molecule has 0 saturated heterocycles. The molecule has 2 rings (SSSR count). The molecule has 0 saturated carbocycles. The zero-order valence-corrected chi connectivity index (χ0v) is 14.5. The second-order valence-corrected chi connectivity index (χ2v) is 6.38. The minimum absolute atomic E-state index is 0.124. The lowest BCUT2D eigenvalue weighted by Gasteiger charge is -2.19. The Kier molecular flexibility index (Phi) is 6.04. The van der Waals surface area contributed by atoms with Gasteiger partial charge < -0.3 is 15.4 Å². The summed E-state index contributed by atoms with van der Waals surface area (Å²) in [7, 11) is 0. The third-order valence-corrected chi connectivity index (χ3v) is 3.03. The molecular weight excluding hydrogens is 324 g/mol. The minimum Gasteiger partial charge on any atom is -0.444 e. The first-order valence-corrected chi connectivity index (χ1v) is 7.89. The molecule has 1 aromatic heterocycles. The molecule has 0 aliphatic rings. The van der Waals surface area contributed by atoms with Gasteiger partial charge in [-0.2, -0.15) is 0 Å². The first-order chi connectivity index (χ1) is 11.8. The standard InChI is InChI=1S/C16H22N6O3/c1-16(2,3)25-15(24)18-9-8-17-14(23)10-12-4-6-13(7-5-12)22-11-19-20-21-22/h4-7,11H,8-10H2,1-3H3,(H,17,23)(H,18,24). The average molecular weight is 346 g/mol. The van der Waals surface area contributed by atoms with E-state index in [-0.39, 0.29) is 12.3 Å². The Labute approximate surface area is 145 Å². The lowest BCUT2D eigenvalue weighted by molar-refractivity contribution is -0.120. The van der Waals surface area contributed by atoms with Crippen LogP contribution in [0.2, 0.25) is 0 Å². The second kappa shape index (κ2) is 8.22. The number of hydrogen-bond acceptors (Lipinski definition) is 6. The number of ether oxygens (including phenoxy) is 1. The van der Waals surface area contributed by atoms with E-state index in [9.17, 15) is 9.59 Å². The number of benzene rings is 1. The molecule has 0 spiro atoms. The third-order valence-electron chi connectivity index (χ3n) is 3.03. The van der Waals surface area contributed by atoms with Gasteiger partial charge in [0, 0.05) is 13.1 Å². The van der Waals surface area contributed by atoms with Crippen LogP contribution in [0, 0.1) is 0 Å². The van der Waals surface area contributed by atoms with Crippen molar-refractivity contribution in [3.63, 3.8) is 0 Å². The molecule has 134 valence electrons. The zero-order valence-electron chi connectivity index (χ0n) is 14.5. The molecule has 1 aromatic carbocycles. The van der Waals surface area contributed by atoms with Crippen molar-refractivity contribution in [2.75, 3.05) is 13.1 Å². The maximum atomic E-state index is 11.9. The molecule has 0 unspecified atom stereocenters. The van der Waals surface area contributed by atoms with E-state index in [0.29, 0.717) is 13.1 Å². The van der Waals surface area contributed by atoms with Gasteiger partial charge in [0.05, 0.1) is 12.1 Å². The topological polar surface area (TPSA) is 111 Å². The Morgan fingerprint density at radius 1 is 1.12 bits per heavy atom. The molecule has 9 nitrogen and oxygen atoms in total. The predicted octanol–water partition coefficient (Wildman–Crippen LogP) is 0.846. The SMILES string of the molecule is CC(C)(C)OC(=O)NCCNC(=O)Cc1ccc(-n2cnnn2)cc1. The number of amides is 2. The van der Waals surface area contributed by atoms with Crippen LogP contribution in [0.4, 0.5) is 4.79 Å². The lowest BCUT2D eigenvalue weighted by Crippen LogP contribution is -2.38. The third kappa shape index (κ3) is 6.58. The second-order valence-electron chi connectivity index (χ2n) is 6.38. The van der Waals surface area contributed by atoms with Gasteiger partial charge in [-0.3, -0.25) is 4.79 Å². The van der Waals surface area contributed by atoms with E-state index in [1.54, 1.807) is 20.8 Å². The normalized spacial score (nSPS) is 11.0. The van der Waals surface area contributed by atoms with Gasteiger partial charge in [-0.15, -0.1) is 5.10 Å². The van der Waals surface area contributed by atoms with Crippen molar-refractivity contribution in [2.24, 2.45) is 0 Å². The highest BCUT2D eigenvalue weighted by Crippen LogP contribution is 2.08. The van der Waals surface area contributed by atoms with Crippen LogP contribution in [0.1, 0.15) is 26.3 Å². The quantitative estimate of drug-likeness (QED) is 0.750. The van der Waals surface area contributed by atoms with Crippen LogP contribution in [0.3, 0.4) is 0 Å². The van der Waals surface area contributed by atoms with E-state index in [4.69, 9.17) is 4.74 Å². The molecule has 9 heteroatoms. The fourth-order valence-corrected chi connectivity index (χ4v) is 1.97. The number of alkyl carbamates (subject to hydrolysis) is 1. The molecule has 2 N–H and O–H groups in total. The van der Waals surface area contributed by atoms with Crippen LogP contribution in [0.25, 0.3) is 5.69 Å². The van der Waals surface area contributed by atoms with Crippen molar-refractivity contribution >= 4 is 12.0 Å². The first-order valence-electron chi connectivity index (χ1n) is 7.89. The van der Waals surface area contributed by atoms with Gasteiger partial charge in [-0.25, -0.2) is 9.48 Å². The summed E-state index contributed by atoms with van der Waals surface area (Å²) in [6, 6.07) is 7.36. The summed E-state index contributed by atoms with van der Waals surface area (Å²) in [5.41, 5.74) is 1.15. The molecule has 0 fully saturated rings. The van der Waals surface area contributed by atoms with Crippen molar-refractivity contribution in [2.45, 2.75) is 32.8 Å². The molecule has 2 aromatic rings. The lowest BCUT2D eigenvalue weighted by atomic mass is 10.1. The zero-order chi connectivity index (χ0) is 18.3. The van der Waals surface area contributed by atoms with Crippen molar-refractivity contribution in [3.05, 3.63) is 36.2 Å². The molecular formula is C16H22N6O3. The van der Waals surface area contributed by atoms with Crippen molar-refractivity contribution < 1.29 is 14.3 Å². The highest BCUT2D eigenvalue weighted by Gasteiger charge is 2.15. The van der Waals surface area contributed by atoms with E-state index >= 15 is 0 Å². The van der Waals surface area contributed by atoms with Crippen LogP contribution in [-0.4, -0.2) is 50.9 Å². The fourth-order valence-electron chi connectivity index (χ4n) is 1.97. The first kappa shape index (κ1) is 18.4. The van der Waals surface area contributed by atoms with Crippen LogP contribution in [-0.2, 0) is 16.0 Å². The van der Waals surface area contributed by atoms with Gasteiger partial charge in [0.2, 0.25) is 5.91 Å². The number of rotatable bonds is 6. The van der Waals surface area contributed by atoms with E-state index in [2.05, 4.69) is 26.2 Å². The van der Waals surface area contributed by atoms with Gasteiger partial charge in [0.15, 0.2) is 0 Å². The summed E-state index contributed by atoms with van der Waals surface area (Å²) in [5, 5.41) is 16.3. The molecule has 1 heterocycles. The number of carbonyl (C=O) groups excluding carboxylic acids is 2. The smallest absolute Gasteiger partial charge is 0.407 e. The molecule has 0 bridgehead atoms. The van der Waals surface area contributed by atoms with Crippen molar-refractivity contribution in [3.8, 4) is 5.69 Å². The van der Waals surface area contributed by atoms with Crippen molar-refractivity contribution in [1.82, 2.24) is 30.8 Å². The van der Waals surface area contributed by atoms with Crippen LogP contribution < -0.4 is 10.6 Å². The summed E-state index contributed by atoms with van der Waals surface area (Å²) < 4.78 is 6.64. The Morgan fingerprint density at radius 3 is 2.40 bits per heavy atom. The maximum absolute atomic E-state index is 11.9. The minimum atomic E-state index is -0.540. The molecule has 0 aliphatic carbocycles. The monoisotopic (exact) mass is 346 g/mol. The van der Waals surface area contributed by atoms with E-state index in [1.165, 1.54) is 11.0 Å². The summed E-state index contributed by atoms with van der Waals surface area (Å²) in [5.74, 6) is -0.124. The van der Waals surface area contributed by atoms with E-state index < -0.39 is 11.7 Å². The summed E-state index contributed by atoms with van der Waals surface area (Å²) in [6.07, 6.45) is 1.25. The Morgan fingerprint density at radius 2 is 1.80 bits per heavy atom. The number of carbonyl (C=O) groups is 2. The number of tetrazole rings is 1. The Hall–Kier alpha value is -2.97. The van der Waals surface area contributed by atoms with Crippen molar-refractivity contribution in [1.29, 1.82) is 0 Å². The summed E-state index contributed by atoms with van der Waals surface area (Å²) in [4.78, 5) is 23.4. The number of hydrogen-bond donors (Lipinski definition) is 2. The molecule has 2 amide bonds. The Bertz CT molecular complexity index is 692. The predicted molar refractivity (Wildman–Crippen MR) is 90.1 cm³/mol. The van der Waals surface area contributed by atoms with Gasteiger partial charge in [0.1, 0.15) is 11.9 Å². The maximum Gasteiger partial charge on any atom is 0.407 e. The highest BCUT2D eigenvalue weighted by atomic mass is 16.6. The number of aromatic nitrogens is 4. The molecule has 0 atom stereocenters. The summed E-state index contributed by atoms with van der Waals surface area (Å²) in [6.45, 7) is 6.01. The number of nitrogens with one attached hydrogen (secondary N) is 2. The highest BCUT2D eigenvalue weighted by molar-refractivity contribution is 5.78. The van der Waals surface area contributed by atoms with E-state index in [0.717, 1.165) is 11.3 Å². The van der Waals surface area contributed by atoms with Gasteiger partial charge in [-0.05, 0) is 48.9 Å². The summed E-state index contributed by atoms with van der Waals surface area (Å²) >= 11 is 0. The van der Waals surface area contributed by atoms with E-state index in [1.807, 2.05) is 24.3 Å². The Balaban J connectivity index is 1.69. The largest absolute Gasteiger partial charge is 0.444 e. The van der Waals surface area contributed by atoms with Crippen LogP contribution in [0.5, 0.6) is 0 Å². The fraction of sp³-hybridized carbons (Fsp3) is 0.438. The molecule has 25 heavy (non-hydrogen) atoms. The molecule has 0 aliphatic heterocycles. The number of nitrogens with zero attached hydrogens (tertiary/aromatic N) is 4. The molecule has 0 radical (unpaired) electrons. The average Bonchev–Trinajstić information content (AvgIpc) is 3.05. The van der Waals surface area contributed by atoms with Gasteiger partial charge >= 0.3 is 6.09 Å². The van der Waals surface area contributed by atoms with Gasteiger partial charge in [0.25, 0.3) is 0 Å². The van der Waals surface area contributed by atoms with Gasteiger partial charge in [-0.1, -0.05) is 12.1 Å². The van der Waals surface area contributed by atoms with Crippen LogP contribution in [0.15, 0.2) is 30.6 Å². The van der Waals surface area contributed by atoms with Crippen LogP contribution >= 0.6 is 0 Å².